The molecule has 4 fully saturated rings. The van der Waals surface area contributed by atoms with Gasteiger partial charge in [0.05, 0.1) is 52.0 Å². The maximum Gasteiger partial charge on any atom is 0.417 e. The molecule has 4 heterocycles. The van der Waals surface area contributed by atoms with Crippen LogP contribution in [0.5, 0.6) is 0 Å². The van der Waals surface area contributed by atoms with Gasteiger partial charge in [-0.15, -0.1) is 0 Å². The largest absolute Gasteiger partial charge is 0.446 e. The number of fused-ring (bicyclic) bond motifs is 5. The molecule has 0 spiro atoms. The zero-order chi connectivity index (χ0) is 26.9. The highest BCUT2D eigenvalue weighted by Gasteiger charge is 2.76. The van der Waals surface area contributed by atoms with Crippen LogP contribution in [0.15, 0.2) is 18.2 Å². The molecule has 0 unspecified atom stereocenters. The van der Waals surface area contributed by atoms with Crippen LogP contribution >= 0.6 is 0 Å². The van der Waals surface area contributed by atoms with E-state index >= 15 is 0 Å². The highest BCUT2D eigenvalue weighted by Crippen LogP contribution is 2.61. The molecule has 1 aromatic rings. The van der Waals surface area contributed by atoms with Gasteiger partial charge in [0.2, 0.25) is 11.8 Å². The van der Waals surface area contributed by atoms with E-state index in [2.05, 4.69) is 10.2 Å². The molecule has 198 valence electrons. The van der Waals surface area contributed by atoms with Crippen molar-refractivity contribution in [2.24, 2.45) is 11.8 Å². The third-order valence-electron chi connectivity index (χ3n) is 8.25. The van der Waals surface area contributed by atoms with E-state index in [1.807, 2.05) is 7.05 Å². The fraction of sp³-hybridized carbons (Fsp3) is 0.600. The molecule has 1 aromatic carbocycles. The van der Waals surface area contributed by atoms with Crippen molar-refractivity contribution >= 4 is 23.6 Å². The second-order valence-electron chi connectivity index (χ2n) is 10.7. The minimum absolute atomic E-state index is 0.226. The fourth-order valence-corrected chi connectivity index (χ4v) is 6.44. The van der Waals surface area contributed by atoms with Gasteiger partial charge in [0.25, 0.3) is 0 Å². The summed E-state index contributed by atoms with van der Waals surface area (Å²) in [6.07, 6.45) is -4.05. The Kier molecular flexibility index (Phi) is 5.80. The second-order valence-corrected chi connectivity index (χ2v) is 10.7. The Morgan fingerprint density at radius 3 is 2.46 bits per heavy atom. The topological polar surface area (TPSA) is 112 Å². The number of hydrogen-bond acceptors (Lipinski definition) is 7. The molecule has 2 bridgehead atoms. The first-order valence-electron chi connectivity index (χ1n) is 12.1. The van der Waals surface area contributed by atoms with Crippen molar-refractivity contribution in [1.29, 1.82) is 5.26 Å². The number of nitrogens with one attached hydrogen (secondary N) is 1. The lowest BCUT2D eigenvalue weighted by Gasteiger charge is -2.36. The van der Waals surface area contributed by atoms with Crippen molar-refractivity contribution in [3.63, 3.8) is 0 Å². The van der Waals surface area contributed by atoms with E-state index in [1.54, 1.807) is 13.8 Å². The van der Waals surface area contributed by atoms with E-state index < -0.39 is 64.3 Å². The Balaban J connectivity index is 1.39. The van der Waals surface area contributed by atoms with Crippen molar-refractivity contribution in [1.82, 2.24) is 10.2 Å². The predicted octanol–water partition coefficient (Wildman–Crippen LogP) is 2.82. The number of benzene rings is 1. The summed E-state index contributed by atoms with van der Waals surface area (Å²) < 4.78 is 52.4. The molecule has 3 amide bonds. The number of imide groups is 1. The third-order valence-corrected chi connectivity index (χ3v) is 8.25. The minimum atomic E-state index is -4.84. The van der Waals surface area contributed by atoms with E-state index in [0.29, 0.717) is 18.9 Å². The number of piperidine rings is 1. The highest BCUT2D eigenvalue weighted by molar-refractivity contribution is 6.23. The van der Waals surface area contributed by atoms with Gasteiger partial charge in [-0.3, -0.25) is 9.59 Å². The number of alkyl halides is 3. The Morgan fingerprint density at radius 1 is 1.19 bits per heavy atom. The number of carbonyl (C=O) groups is 3. The molecule has 5 rings (SSSR count). The molecule has 0 aliphatic carbocycles. The SMILES string of the molecule is CN1CCC(OC(=O)N[C@@H]2C[C@@]3(C)O[C@]2(C)[C@@H]2C(=O)N(c4ccc(C#N)c(C(F)(F)F)c4)C(=O)[C@@H]23)CC1. The van der Waals surface area contributed by atoms with Crippen LogP contribution in [0.25, 0.3) is 0 Å². The molecule has 4 saturated heterocycles. The number of alkyl carbamates (subject to hydrolysis) is 1. The van der Waals surface area contributed by atoms with Gasteiger partial charge in [-0.1, -0.05) is 0 Å². The summed E-state index contributed by atoms with van der Waals surface area (Å²) in [5.41, 5.74) is -4.45. The van der Waals surface area contributed by atoms with Gasteiger partial charge in [-0.05, 0) is 51.9 Å². The van der Waals surface area contributed by atoms with E-state index in [1.165, 1.54) is 6.07 Å². The van der Waals surface area contributed by atoms with Crippen molar-refractivity contribution in [3.05, 3.63) is 29.3 Å². The Labute approximate surface area is 211 Å². The summed E-state index contributed by atoms with van der Waals surface area (Å²) in [7, 11) is 1.99. The maximum absolute atomic E-state index is 13.6. The minimum Gasteiger partial charge on any atom is -0.446 e. The molecule has 0 saturated carbocycles. The first-order chi connectivity index (χ1) is 17.3. The molecule has 4 aliphatic heterocycles. The summed E-state index contributed by atoms with van der Waals surface area (Å²) in [4.78, 5) is 42.6. The number of carbonyl (C=O) groups excluding carboxylic acids is 3. The standard InChI is InChI=1S/C25H27F3N4O5/c1-23-11-17(30-22(35)36-15-6-8-31(3)9-7-15)24(2,37-23)19-18(23)20(33)32(21(19)34)14-5-4-13(12-29)16(10-14)25(26,27)28/h4-5,10,15,17-19H,6-9,11H2,1-3H3,(H,30,35)/t17-,18-,19+,23-,24+/m1/s1. The lowest BCUT2D eigenvalue weighted by molar-refractivity contribution is -0.138. The number of nitriles is 1. The molecule has 4 aliphatic rings. The van der Waals surface area contributed by atoms with E-state index in [4.69, 9.17) is 14.7 Å². The van der Waals surface area contributed by atoms with Crippen LogP contribution in [0, 0.1) is 23.2 Å². The molecular weight excluding hydrogens is 493 g/mol. The summed E-state index contributed by atoms with van der Waals surface area (Å²) >= 11 is 0. The van der Waals surface area contributed by atoms with Gasteiger partial charge in [0.15, 0.2) is 0 Å². The molecule has 0 aromatic heterocycles. The number of amides is 3. The lowest BCUT2D eigenvalue weighted by atomic mass is 9.66. The third kappa shape index (κ3) is 3.95. The number of hydrogen-bond donors (Lipinski definition) is 1. The van der Waals surface area contributed by atoms with Gasteiger partial charge in [0, 0.05) is 19.5 Å². The molecule has 12 heteroatoms. The van der Waals surface area contributed by atoms with Crippen molar-refractivity contribution in [3.8, 4) is 6.07 Å². The molecular formula is C25H27F3N4O5. The Morgan fingerprint density at radius 2 is 1.84 bits per heavy atom. The van der Waals surface area contributed by atoms with E-state index in [9.17, 15) is 27.6 Å². The van der Waals surface area contributed by atoms with Gasteiger partial charge in [-0.25, -0.2) is 9.69 Å². The van der Waals surface area contributed by atoms with Crippen LogP contribution in [0.1, 0.15) is 44.2 Å². The molecule has 1 N–H and O–H groups in total. The number of anilines is 1. The number of nitrogens with zero attached hydrogens (tertiary/aromatic N) is 3. The average Bonchev–Trinajstić information content (AvgIpc) is 3.34. The number of rotatable bonds is 3. The zero-order valence-electron chi connectivity index (χ0n) is 20.6. The van der Waals surface area contributed by atoms with Crippen LogP contribution < -0.4 is 10.2 Å². The van der Waals surface area contributed by atoms with Crippen molar-refractivity contribution < 1.29 is 37.0 Å². The molecule has 5 atom stereocenters. The van der Waals surface area contributed by atoms with E-state index in [-0.39, 0.29) is 18.2 Å². The first kappa shape index (κ1) is 25.5. The number of halogens is 3. The van der Waals surface area contributed by atoms with Crippen LogP contribution in [0.4, 0.5) is 23.7 Å². The van der Waals surface area contributed by atoms with Crippen LogP contribution in [0.2, 0.25) is 0 Å². The average molecular weight is 521 g/mol. The second kappa shape index (κ2) is 8.43. The lowest BCUT2D eigenvalue weighted by Crippen LogP contribution is -2.56. The van der Waals surface area contributed by atoms with Gasteiger partial charge < -0.3 is 19.7 Å². The monoisotopic (exact) mass is 520 g/mol. The molecule has 9 nitrogen and oxygen atoms in total. The van der Waals surface area contributed by atoms with Crippen LogP contribution in [-0.4, -0.2) is 66.3 Å². The molecule has 37 heavy (non-hydrogen) atoms. The summed E-state index contributed by atoms with van der Waals surface area (Å²) in [5, 5.41) is 11.9. The number of likely N-dealkylation sites (tertiary alicyclic amines) is 1. The van der Waals surface area contributed by atoms with Crippen molar-refractivity contribution in [2.45, 2.75) is 62.6 Å². The van der Waals surface area contributed by atoms with Gasteiger partial charge >= 0.3 is 12.3 Å². The normalized spacial score (nSPS) is 34.0. The van der Waals surface area contributed by atoms with Crippen LogP contribution in [-0.2, 0) is 25.2 Å². The molecule has 0 radical (unpaired) electrons. The van der Waals surface area contributed by atoms with Gasteiger partial charge in [0.1, 0.15) is 6.10 Å². The number of ether oxygens (including phenoxy) is 2. The summed E-state index contributed by atoms with van der Waals surface area (Å²) in [6.45, 7) is 4.93. The van der Waals surface area contributed by atoms with E-state index in [0.717, 1.165) is 30.1 Å². The quantitative estimate of drug-likeness (QED) is 0.610. The summed E-state index contributed by atoms with van der Waals surface area (Å²) in [6, 6.07) is 3.61. The van der Waals surface area contributed by atoms with Crippen LogP contribution in [0.3, 0.4) is 0 Å². The summed E-state index contributed by atoms with van der Waals surface area (Å²) in [5.74, 6) is -3.28. The fourth-order valence-electron chi connectivity index (χ4n) is 6.44. The highest BCUT2D eigenvalue weighted by atomic mass is 19.4. The van der Waals surface area contributed by atoms with Gasteiger partial charge in [-0.2, -0.15) is 18.4 Å². The first-order valence-corrected chi connectivity index (χ1v) is 12.1. The zero-order valence-corrected chi connectivity index (χ0v) is 20.6. The smallest absolute Gasteiger partial charge is 0.417 e. The maximum atomic E-state index is 13.6. The van der Waals surface area contributed by atoms with Crippen molar-refractivity contribution in [2.75, 3.05) is 25.0 Å². The Hall–Kier alpha value is -3.17. The predicted molar refractivity (Wildman–Crippen MR) is 122 cm³/mol. The Bertz CT molecular complexity index is 1210.